The molecule has 1 saturated heterocycles. The Kier molecular flexibility index (Phi) is 6.35. The number of esters is 1. The van der Waals surface area contributed by atoms with Crippen LogP contribution >= 0.6 is 22.7 Å². The molecule has 1 fully saturated rings. The molecule has 1 aliphatic heterocycles. The highest BCUT2D eigenvalue weighted by Gasteiger charge is 2.45. The number of thiophene rings is 1. The van der Waals surface area contributed by atoms with Gasteiger partial charge in [0.1, 0.15) is 17.9 Å². The van der Waals surface area contributed by atoms with E-state index >= 15 is 0 Å². The lowest BCUT2D eigenvalue weighted by atomic mass is 10.2. The number of aromatic nitrogens is 1. The van der Waals surface area contributed by atoms with Crippen molar-refractivity contribution in [2.45, 2.75) is 32.4 Å². The summed E-state index contributed by atoms with van der Waals surface area (Å²) < 4.78 is 11.2. The van der Waals surface area contributed by atoms with Gasteiger partial charge in [0.05, 0.1) is 18.4 Å². The molecule has 30 heavy (non-hydrogen) atoms. The van der Waals surface area contributed by atoms with Gasteiger partial charge in [-0.25, -0.2) is 4.90 Å². The Morgan fingerprint density at radius 2 is 2.23 bits per heavy atom. The van der Waals surface area contributed by atoms with E-state index in [1.165, 1.54) is 16.2 Å². The number of benzene rings is 1. The predicted molar refractivity (Wildman–Crippen MR) is 121 cm³/mol. The van der Waals surface area contributed by atoms with Crippen LogP contribution in [0.2, 0.25) is 0 Å². The third-order valence-electron chi connectivity index (χ3n) is 5.30. The number of likely N-dealkylation sites (N-methyl/N-ethyl adjacent to an activating group) is 1. The summed E-state index contributed by atoms with van der Waals surface area (Å²) in [4.78, 5) is 20.3. The SMILES string of the molecule is CCN1CC(OC(=O)CCCc2cccs2)[N+]([O-])(c2nc3c(OC)cccc3s2)C1. The van der Waals surface area contributed by atoms with Crippen molar-refractivity contribution in [2.75, 3.05) is 26.9 Å². The van der Waals surface area contributed by atoms with Crippen molar-refractivity contribution in [3.05, 3.63) is 45.8 Å². The van der Waals surface area contributed by atoms with Gasteiger partial charge >= 0.3 is 5.97 Å². The molecule has 0 saturated carbocycles. The first-order chi connectivity index (χ1) is 14.5. The number of nitrogens with zero attached hydrogens (tertiary/aromatic N) is 3. The summed E-state index contributed by atoms with van der Waals surface area (Å²) in [5.41, 5.74) is 0.671. The second-order valence-electron chi connectivity index (χ2n) is 7.29. The molecule has 0 amide bonds. The van der Waals surface area contributed by atoms with E-state index in [4.69, 9.17) is 9.47 Å². The van der Waals surface area contributed by atoms with Gasteiger partial charge in [0.25, 0.3) is 11.4 Å². The molecule has 0 aliphatic carbocycles. The zero-order chi connectivity index (χ0) is 21.1. The molecule has 2 atom stereocenters. The number of quaternary nitrogens is 1. The number of hydrogen-bond donors (Lipinski definition) is 0. The van der Waals surface area contributed by atoms with Gasteiger partial charge in [-0.1, -0.05) is 30.4 Å². The minimum Gasteiger partial charge on any atom is -0.622 e. The van der Waals surface area contributed by atoms with Gasteiger partial charge in [-0.05, 0) is 36.4 Å². The van der Waals surface area contributed by atoms with Crippen LogP contribution in [0.15, 0.2) is 35.7 Å². The van der Waals surface area contributed by atoms with Crippen LogP contribution in [0, 0.1) is 5.21 Å². The Labute approximate surface area is 183 Å². The number of thiazole rings is 1. The second-order valence-corrected chi connectivity index (χ2v) is 9.33. The first kappa shape index (κ1) is 21.2. The summed E-state index contributed by atoms with van der Waals surface area (Å²) >= 11 is 3.02. The highest BCUT2D eigenvalue weighted by atomic mass is 32.1. The number of hydroxylamine groups is 2. The monoisotopic (exact) mass is 447 g/mol. The van der Waals surface area contributed by atoms with Crippen LogP contribution < -0.4 is 9.38 Å². The molecule has 4 rings (SSSR count). The zero-order valence-electron chi connectivity index (χ0n) is 17.1. The molecule has 1 aliphatic rings. The van der Waals surface area contributed by atoms with Crippen molar-refractivity contribution < 1.29 is 14.3 Å². The lowest BCUT2D eigenvalue weighted by Crippen LogP contribution is -2.50. The summed E-state index contributed by atoms with van der Waals surface area (Å²) in [6.45, 7) is 3.33. The van der Waals surface area contributed by atoms with Crippen LogP contribution in [0.4, 0.5) is 5.13 Å². The first-order valence-corrected chi connectivity index (χ1v) is 11.7. The lowest BCUT2D eigenvalue weighted by molar-refractivity contribution is -0.153. The fourth-order valence-electron chi connectivity index (χ4n) is 3.64. The van der Waals surface area contributed by atoms with Gasteiger partial charge in [0, 0.05) is 17.8 Å². The second kappa shape index (κ2) is 8.99. The maximum Gasteiger partial charge on any atom is 0.310 e. The summed E-state index contributed by atoms with van der Waals surface area (Å²) in [7, 11) is 1.59. The Hall–Kier alpha value is -2.04. The van der Waals surface area contributed by atoms with E-state index in [9.17, 15) is 10.0 Å². The van der Waals surface area contributed by atoms with Gasteiger partial charge in [0.15, 0.2) is 0 Å². The number of carbonyl (C=O) groups is 1. The quantitative estimate of drug-likeness (QED) is 0.290. The van der Waals surface area contributed by atoms with Gasteiger partial charge < -0.3 is 14.7 Å². The first-order valence-electron chi connectivity index (χ1n) is 10.0. The number of fused-ring (bicyclic) bond motifs is 1. The number of rotatable bonds is 8. The molecule has 3 heterocycles. The summed E-state index contributed by atoms with van der Waals surface area (Å²) in [6.07, 6.45) is 1.04. The molecule has 1 aromatic carbocycles. The van der Waals surface area contributed by atoms with Gasteiger partial charge in [-0.3, -0.25) is 9.44 Å². The van der Waals surface area contributed by atoms with Crippen LogP contribution in [0.3, 0.4) is 0 Å². The minimum atomic E-state index is -0.814. The normalized spacial score (nSPS) is 21.9. The Balaban J connectivity index is 1.50. The number of carbonyl (C=O) groups excluding carboxylic acids is 1. The molecule has 160 valence electrons. The van der Waals surface area contributed by atoms with Gasteiger partial charge in [-0.2, -0.15) is 4.98 Å². The van der Waals surface area contributed by atoms with E-state index in [0.717, 1.165) is 11.1 Å². The van der Waals surface area contributed by atoms with Crippen molar-refractivity contribution in [3.63, 3.8) is 0 Å². The standard InChI is InChI=1S/C21H25N3O4S2/c1-3-23-13-18(28-19(25)11-4-7-15-8-6-12-29-15)24(26,14-23)21-22-20-16(27-2)9-5-10-17(20)30-21/h5-6,8-10,12,18H,3-4,7,11,13-14H2,1-2H3. The Morgan fingerprint density at radius 3 is 2.97 bits per heavy atom. The zero-order valence-corrected chi connectivity index (χ0v) is 18.7. The molecule has 2 aromatic heterocycles. The molecular formula is C21H25N3O4S2. The number of ether oxygens (including phenoxy) is 2. The van der Waals surface area contributed by atoms with Crippen LogP contribution in [0.5, 0.6) is 5.75 Å². The van der Waals surface area contributed by atoms with Crippen molar-refractivity contribution in [1.82, 2.24) is 14.5 Å². The molecule has 9 heteroatoms. The molecule has 0 N–H and O–H groups in total. The number of methoxy groups -OCH3 is 1. The van der Waals surface area contributed by atoms with Crippen molar-refractivity contribution in [2.24, 2.45) is 0 Å². The molecule has 0 bridgehead atoms. The highest BCUT2D eigenvalue weighted by molar-refractivity contribution is 7.22. The third kappa shape index (κ3) is 4.21. The number of aryl methyl sites for hydroxylation is 1. The van der Waals surface area contributed by atoms with E-state index in [1.807, 2.05) is 41.5 Å². The molecule has 0 spiro atoms. The predicted octanol–water partition coefficient (Wildman–Crippen LogP) is 4.36. The van der Waals surface area contributed by atoms with Crippen molar-refractivity contribution in [1.29, 1.82) is 0 Å². The summed E-state index contributed by atoms with van der Waals surface area (Å²) in [6, 6.07) is 9.70. The Morgan fingerprint density at radius 1 is 1.37 bits per heavy atom. The fourth-order valence-corrected chi connectivity index (χ4v) is 5.45. The van der Waals surface area contributed by atoms with Gasteiger partial charge in [-0.15, -0.1) is 11.3 Å². The topological polar surface area (TPSA) is 74.7 Å². The third-order valence-corrected chi connectivity index (χ3v) is 7.37. The largest absolute Gasteiger partial charge is 0.622 e. The van der Waals surface area contributed by atoms with E-state index in [1.54, 1.807) is 18.4 Å². The summed E-state index contributed by atoms with van der Waals surface area (Å²) in [5.74, 6) is 0.307. The van der Waals surface area contributed by atoms with Crippen LogP contribution in [-0.4, -0.2) is 48.9 Å². The average molecular weight is 448 g/mol. The van der Waals surface area contributed by atoms with Crippen LogP contribution in [-0.2, 0) is 16.0 Å². The molecule has 2 unspecified atom stereocenters. The summed E-state index contributed by atoms with van der Waals surface area (Å²) in [5, 5.41) is 16.3. The smallest absolute Gasteiger partial charge is 0.310 e. The highest BCUT2D eigenvalue weighted by Crippen LogP contribution is 2.40. The molecule has 3 aromatic rings. The Bertz CT molecular complexity index is 1010. The van der Waals surface area contributed by atoms with E-state index in [0.29, 0.717) is 42.3 Å². The van der Waals surface area contributed by atoms with E-state index < -0.39 is 10.9 Å². The molecule has 7 nitrogen and oxygen atoms in total. The molecular weight excluding hydrogens is 422 g/mol. The van der Waals surface area contributed by atoms with Crippen LogP contribution in [0.1, 0.15) is 24.6 Å². The van der Waals surface area contributed by atoms with E-state index in [2.05, 4.69) is 11.1 Å². The van der Waals surface area contributed by atoms with Crippen LogP contribution in [0.25, 0.3) is 10.2 Å². The van der Waals surface area contributed by atoms with Crippen molar-refractivity contribution in [3.8, 4) is 5.75 Å². The average Bonchev–Trinajstić information content (AvgIpc) is 3.47. The molecule has 0 radical (unpaired) electrons. The maximum atomic E-state index is 13.9. The fraction of sp³-hybridized carbons (Fsp3) is 0.429. The minimum absolute atomic E-state index is 0.214. The van der Waals surface area contributed by atoms with E-state index in [-0.39, 0.29) is 12.6 Å². The van der Waals surface area contributed by atoms with Gasteiger partial charge in [0.2, 0.25) is 0 Å². The van der Waals surface area contributed by atoms with Crippen molar-refractivity contribution >= 4 is 44.0 Å². The number of para-hydroxylation sites is 1. The number of hydrogen-bond acceptors (Lipinski definition) is 8. The maximum absolute atomic E-state index is 13.9. The lowest BCUT2D eigenvalue weighted by Gasteiger charge is -2.38.